The van der Waals surface area contributed by atoms with Crippen molar-refractivity contribution in [2.75, 3.05) is 11.9 Å². The Bertz CT molecular complexity index is 1200. The van der Waals surface area contributed by atoms with Gasteiger partial charge in [0.15, 0.2) is 5.11 Å². The fourth-order valence-electron chi connectivity index (χ4n) is 3.84. The molecule has 1 saturated heterocycles. The van der Waals surface area contributed by atoms with E-state index in [-0.39, 0.29) is 24.8 Å². The van der Waals surface area contributed by atoms with Gasteiger partial charge in [0.05, 0.1) is 31.7 Å². The lowest BCUT2D eigenvalue weighted by Gasteiger charge is -2.23. The fraction of sp³-hybridized carbons (Fsp3) is 0.231. The number of anilines is 1. The van der Waals surface area contributed by atoms with Crippen LogP contribution < -0.4 is 5.32 Å². The zero-order chi connectivity index (χ0) is 24.8. The number of hydrogen-bond acceptors (Lipinski definition) is 6. The molecule has 9 heteroatoms. The molecule has 1 aliphatic heterocycles. The summed E-state index contributed by atoms with van der Waals surface area (Å²) in [7, 11) is 0. The van der Waals surface area contributed by atoms with Gasteiger partial charge in [0.25, 0.3) is 5.91 Å². The average Bonchev–Trinajstić information content (AvgIpc) is 3.45. The average molecular weight is 508 g/mol. The van der Waals surface area contributed by atoms with Crippen LogP contribution in [0.1, 0.15) is 34.1 Å². The molecule has 0 spiro atoms. The molecule has 2 heterocycles. The standard InChI is InChI=1S/C26H25N3O4S2/c1-2-33-25(32)19-10-12-20(13-11-19)27-23(30)15-22-24(31)29(16-18-7-4-3-5-8-18)26(34)28(22)17-21-9-6-14-35-21/h3-14,22H,2,15-17H2,1H3,(H,27,30)/t22-/m0/s1. The van der Waals surface area contributed by atoms with Gasteiger partial charge in [0.2, 0.25) is 5.91 Å². The van der Waals surface area contributed by atoms with Gasteiger partial charge in [-0.3, -0.25) is 14.5 Å². The lowest BCUT2D eigenvalue weighted by molar-refractivity contribution is -0.131. The summed E-state index contributed by atoms with van der Waals surface area (Å²) in [6, 6.07) is 19.3. The molecule has 0 aliphatic carbocycles. The van der Waals surface area contributed by atoms with E-state index in [1.807, 2.05) is 52.7 Å². The van der Waals surface area contributed by atoms with E-state index in [1.165, 1.54) is 0 Å². The molecule has 1 aliphatic rings. The monoisotopic (exact) mass is 507 g/mol. The van der Waals surface area contributed by atoms with Gasteiger partial charge in [-0.2, -0.15) is 0 Å². The zero-order valence-electron chi connectivity index (χ0n) is 19.2. The summed E-state index contributed by atoms with van der Waals surface area (Å²) in [4.78, 5) is 42.6. The van der Waals surface area contributed by atoms with Crippen LogP contribution in [0.2, 0.25) is 0 Å². The second kappa shape index (κ2) is 11.2. The van der Waals surface area contributed by atoms with E-state index in [0.29, 0.717) is 29.5 Å². The van der Waals surface area contributed by atoms with Gasteiger partial charge in [0.1, 0.15) is 6.04 Å². The zero-order valence-corrected chi connectivity index (χ0v) is 20.8. The highest BCUT2D eigenvalue weighted by Gasteiger charge is 2.43. The van der Waals surface area contributed by atoms with Crippen molar-refractivity contribution in [3.05, 3.63) is 88.1 Å². The quantitative estimate of drug-likeness (QED) is 0.341. The molecule has 1 fully saturated rings. The van der Waals surface area contributed by atoms with Gasteiger partial charge < -0.3 is 15.0 Å². The first-order valence-corrected chi connectivity index (χ1v) is 12.5. The minimum absolute atomic E-state index is 0.0464. The first-order chi connectivity index (χ1) is 17.0. The Balaban J connectivity index is 1.48. The summed E-state index contributed by atoms with van der Waals surface area (Å²) < 4.78 is 4.98. The van der Waals surface area contributed by atoms with Crippen molar-refractivity contribution in [3.8, 4) is 0 Å². The van der Waals surface area contributed by atoms with Crippen LogP contribution in [-0.4, -0.2) is 45.3 Å². The number of amides is 2. The fourth-order valence-corrected chi connectivity index (χ4v) is 4.89. The number of thiophene rings is 1. The molecule has 4 rings (SSSR count). The molecule has 180 valence electrons. The second-order valence-electron chi connectivity index (χ2n) is 7.97. The smallest absolute Gasteiger partial charge is 0.338 e. The van der Waals surface area contributed by atoms with Crippen molar-refractivity contribution in [3.63, 3.8) is 0 Å². The number of rotatable bonds is 9. The Morgan fingerprint density at radius 2 is 1.77 bits per heavy atom. The maximum Gasteiger partial charge on any atom is 0.338 e. The summed E-state index contributed by atoms with van der Waals surface area (Å²) >= 11 is 7.27. The number of carbonyl (C=O) groups is 3. The molecule has 3 aromatic rings. The lowest BCUT2D eigenvalue weighted by atomic mass is 10.1. The molecule has 2 aromatic carbocycles. The normalized spacial score (nSPS) is 15.4. The van der Waals surface area contributed by atoms with Gasteiger partial charge in [0, 0.05) is 10.6 Å². The van der Waals surface area contributed by atoms with Crippen molar-refractivity contribution < 1.29 is 19.1 Å². The van der Waals surface area contributed by atoms with Crippen LogP contribution in [0.4, 0.5) is 5.69 Å². The number of carbonyl (C=O) groups excluding carboxylic acids is 3. The van der Waals surface area contributed by atoms with Crippen LogP contribution in [0.25, 0.3) is 0 Å². The van der Waals surface area contributed by atoms with Crippen molar-refractivity contribution in [2.45, 2.75) is 32.5 Å². The summed E-state index contributed by atoms with van der Waals surface area (Å²) in [5.41, 5.74) is 1.90. The molecule has 1 atom stereocenters. The van der Waals surface area contributed by atoms with Crippen LogP contribution in [-0.2, 0) is 27.4 Å². The lowest BCUT2D eigenvalue weighted by Crippen LogP contribution is -2.37. The molecule has 0 radical (unpaired) electrons. The van der Waals surface area contributed by atoms with Gasteiger partial charge >= 0.3 is 5.97 Å². The van der Waals surface area contributed by atoms with Crippen molar-refractivity contribution in [1.82, 2.24) is 9.80 Å². The van der Waals surface area contributed by atoms with E-state index in [4.69, 9.17) is 17.0 Å². The Labute approximate surface area is 213 Å². The van der Waals surface area contributed by atoms with Crippen molar-refractivity contribution in [1.29, 1.82) is 0 Å². The number of benzene rings is 2. The third-order valence-corrected chi connectivity index (χ3v) is 6.87. The molecule has 35 heavy (non-hydrogen) atoms. The van der Waals surface area contributed by atoms with Crippen molar-refractivity contribution >= 4 is 52.1 Å². The number of nitrogens with one attached hydrogen (secondary N) is 1. The van der Waals surface area contributed by atoms with Gasteiger partial charge in [-0.05, 0) is 60.4 Å². The third kappa shape index (κ3) is 5.93. The predicted molar refractivity (Wildman–Crippen MR) is 139 cm³/mol. The van der Waals surface area contributed by atoms with E-state index in [9.17, 15) is 14.4 Å². The molecule has 1 N–H and O–H groups in total. The van der Waals surface area contributed by atoms with Crippen molar-refractivity contribution in [2.24, 2.45) is 0 Å². The van der Waals surface area contributed by atoms with Crippen LogP contribution in [0.3, 0.4) is 0 Å². The molecule has 0 bridgehead atoms. The first-order valence-electron chi connectivity index (χ1n) is 11.2. The summed E-state index contributed by atoms with van der Waals surface area (Å²) in [6.45, 7) is 2.84. The van der Waals surface area contributed by atoms with E-state index >= 15 is 0 Å². The van der Waals surface area contributed by atoms with Gasteiger partial charge in [-0.15, -0.1) is 11.3 Å². The topological polar surface area (TPSA) is 78.9 Å². The maximum absolute atomic E-state index is 13.4. The van der Waals surface area contributed by atoms with Gasteiger partial charge in [-0.25, -0.2) is 4.79 Å². The van der Waals surface area contributed by atoms with Crippen LogP contribution >= 0.6 is 23.6 Å². The molecule has 7 nitrogen and oxygen atoms in total. The highest BCUT2D eigenvalue weighted by molar-refractivity contribution is 7.80. The summed E-state index contributed by atoms with van der Waals surface area (Å²) in [5, 5.41) is 5.21. The highest BCUT2D eigenvalue weighted by atomic mass is 32.1. The first kappa shape index (κ1) is 24.6. The SMILES string of the molecule is CCOC(=O)c1ccc(NC(=O)C[C@H]2C(=O)N(Cc3ccccc3)C(=S)N2Cc2cccs2)cc1. The highest BCUT2D eigenvalue weighted by Crippen LogP contribution is 2.27. The maximum atomic E-state index is 13.4. The summed E-state index contributed by atoms with van der Waals surface area (Å²) in [5.74, 6) is -0.922. The Morgan fingerprint density at radius 3 is 2.43 bits per heavy atom. The number of esters is 1. The molecular weight excluding hydrogens is 482 g/mol. The minimum atomic E-state index is -0.702. The van der Waals surface area contributed by atoms with E-state index in [0.717, 1.165) is 10.4 Å². The Kier molecular flexibility index (Phi) is 7.89. The third-order valence-electron chi connectivity index (χ3n) is 5.55. The van der Waals surface area contributed by atoms with Crippen LogP contribution in [0, 0.1) is 0 Å². The Morgan fingerprint density at radius 1 is 1.03 bits per heavy atom. The van der Waals surface area contributed by atoms with E-state index in [2.05, 4.69) is 5.32 Å². The largest absolute Gasteiger partial charge is 0.462 e. The van der Waals surface area contributed by atoms with Crippen LogP contribution in [0.15, 0.2) is 72.1 Å². The Hall–Kier alpha value is -3.56. The number of thiocarbonyl (C=S) groups is 1. The molecule has 1 aromatic heterocycles. The van der Waals surface area contributed by atoms with E-state index < -0.39 is 12.0 Å². The number of nitrogens with zero attached hydrogens (tertiary/aromatic N) is 2. The predicted octanol–water partition coefficient (Wildman–Crippen LogP) is 4.45. The minimum Gasteiger partial charge on any atom is -0.462 e. The summed E-state index contributed by atoms with van der Waals surface area (Å²) in [6.07, 6.45) is -0.0464. The van der Waals surface area contributed by atoms with E-state index in [1.54, 1.807) is 47.4 Å². The number of ether oxygens (including phenoxy) is 1. The second-order valence-corrected chi connectivity index (χ2v) is 9.36. The van der Waals surface area contributed by atoms with Crippen LogP contribution in [0.5, 0.6) is 0 Å². The number of hydrogen-bond donors (Lipinski definition) is 1. The molecular formula is C26H25N3O4S2. The molecule has 2 amide bonds. The van der Waals surface area contributed by atoms with Gasteiger partial charge in [-0.1, -0.05) is 36.4 Å². The molecule has 0 saturated carbocycles. The molecule has 0 unspecified atom stereocenters.